The monoisotopic (exact) mass is 371 g/mol. The lowest BCUT2D eigenvalue weighted by Crippen LogP contribution is -2.35. The maximum atomic E-state index is 12.2. The molecule has 5 nitrogen and oxygen atoms in total. The molecule has 1 N–H and O–H groups in total. The molecule has 2 amide bonds. The van der Waals surface area contributed by atoms with Crippen LogP contribution in [0.4, 0.5) is 0 Å². The van der Waals surface area contributed by atoms with Crippen molar-refractivity contribution < 1.29 is 9.59 Å². The first-order valence-electron chi connectivity index (χ1n) is 9.16. The van der Waals surface area contributed by atoms with E-state index in [2.05, 4.69) is 41.5 Å². The average Bonchev–Trinajstić information content (AvgIpc) is 3.09. The first kappa shape index (κ1) is 18.6. The second-order valence-corrected chi connectivity index (χ2v) is 7.73. The summed E-state index contributed by atoms with van der Waals surface area (Å²) >= 11 is 1.43. The Hall–Kier alpha value is -2.21. The number of rotatable bonds is 5. The summed E-state index contributed by atoms with van der Waals surface area (Å²) in [6.07, 6.45) is 7.20. The van der Waals surface area contributed by atoms with E-state index in [0.29, 0.717) is 11.3 Å². The number of carbonyl (C=O) groups is 2. The molecular weight excluding hydrogens is 346 g/mol. The molecule has 0 aliphatic heterocycles. The van der Waals surface area contributed by atoms with Gasteiger partial charge in [0.2, 0.25) is 5.91 Å². The molecule has 0 unspecified atom stereocenters. The van der Waals surface area contributed by atoms with Gasteiger partial charge < -0.3 is 9.88 Å². The van der Waals surface area contributed by atoms with Gasteiger partial charge in [-0.3, -0.25) is 9.59 Å². The number of nitrogens with zero attached hydrogens (tertiary/aromatic N) is 2. The summed E-state index contributed by atoms with van der Waals surface area (Å²) in [7, 11) is 0. The molecule has 0 radical (unpaired) electrons. The summed E-state index contributed by atoms with van der Waals surface area (Å²) in [5.74, 6) is -0.258. The number of aryl methyl sites for hydroxylation is 1. The van der Waals surface area contributed by atoms with Gasteiger partial charge in [-0.15, -0.1) is 11.3 Å². The molecule has 1 saturated carbocycles. The van der Waals surface area contributed by atoms with Crippen LogP contribution in [-0.2, 0) is 16.1 Å². The van der Waals surface area contributed by atoms with E-state index >= 15 is 0 Å². The molecule has 0 saturated heterocycles. The van der Waals surface area contributed by atoms with Crippen molar-refractivity contribution in [3.05, 3.63) is 51.8 Å². The zero-order valence-corrected chi connectivity index (χ0v) is 15.9. The fourth-order valence-electron chi connectivity index (χ4n) is 3.22. The van der Waals surface area contributed by atoms with Crippen LogP contribution in [0.1, 0.15) is 43.2 Å². The molecule has 1 aromatic heterocycles. The van der Waals surface area contributed by atoms with Crippen LogP contribution in [0.5, 0.6) is 0 Å². The highest BCUT2D eigenvalue weighted by Crippen LogP contribution is 2.23. The minimum atomic E-state index is -0.311. The van der Waals surface area contributed by atoms with Crippen LogP contribution in [-0.4, -0.2) is 22.9 Å². The lowest BCUT2D eigenvalue weighted by molar-refractivity contribution is -0.128. The van der Waals surface area contributed by atoms with Gasteiger partial charge in [-0.1, -0.05) is 49.1 Å². The van der Waals surface area contributed by atoms with Gasteiger partial charge in [-0.25, -0.2) is 0 Å². The maximum absolute atomic E-state index is 12.2. The van der Waals surface area contributed by atoms with Crippen molar-refractivity contribution in [3.63, 3.8) is 0 Å². The Morgan fingerprint density at radius 1 is 1.19 bits per heavy atom. The van der Waals surface area contributed by atoms with Crippen molar-refractivity contribution in [1.82, 2.24) is 9.88 Å². The zero-order valence-electron chi connectivity index (χ0n) is 15.1. The number of nitrogens with one attached hydrogen (secondary N) is 1. The van der Waals surface area contributed by atoms with Crippen LogP contribution >= 0.6 is 11.3 Å². The number of thiazole rings is 1. The van der Waals surface area contributed by atoms with E-state index in [1.807, 2.05) is 16.1 Å². The van der Waals surface area contributed by atoms with Gasteiger partial charge in [0.25, 0.3) is 5.91 Å². The van der Waals surface area contributed by atoms with Crippen molar-refractivity contribution in [3.8, 4) is 0 Å². The van der Waals surface area contributed by atoms with Gasteiger partial charge in [0.15, 0.2) is 4.80 Å². The van der Waals surface area contributed by atoms with Gasteiger partial charge >= 0.3 is 0 Å². The molecule has 1 heterocycles. The fourth-order valence-corrected chi connectivity index (χ4v) is 3.96. The highest BCUT2D eigenvalue weighted by atomic mass is 32.1. The third kappa shape index (κ3) is 5.14. The Balaban J connectivity index is 1.59. The van der Waals surface area contributed by atoms with Crippen LogP contribution in [0.25, 0.3) is 0 Å². The summed E-state index contributed by atoms with van der Waals surface area (Å²) in [6.45, 7) is 2.70. The van der Waals surface area contributed by atoms with Crippen molar-refractivity contribution in [2.24, 2.45) is 10.9 Å². The summed E-state index contributed by atoms with van der Waals surface area (Å²) in [5, 5.41) is 4.67. The van der Waals surface area contributed by atoms with E-state index in [1.54, 1.807) is 0 Å². The molecule has 138 valence electrons. The number of amides is 2. The van der Waals surface area contributed by atoms with Crippen LogP contribution in [0.2, 0.25) is 0 Å². The number of hydrogen-bond donors (Lipinski definition) is 1. The minimum Gasteiger partial charge on any atom is -0.347 e. The maximum Gasteiger partial charge on any atom is 0.267 e. The van der Waals surface area contributed by atoms with Gasteiger partial charge in [0, 0.05) is 24.0 Å². The summed E-state index contributed by atoms with van der Waals surface area (Å²) in [5.41, 5.74) is 2.38. The number of benzene rings is 1. The lowest BCUT2D eigenvalue weighted by atomic mass is 9.89. The smallest absolute Gasteiger partial charge is 0.267 e. The van der Waals surface area contributed by atoms with E-state index in [9.17, 15) is 9.59 Å². The number of hydrogen-bond acceptors (Lipinski definition) is 3. The van der Waals surface area contributed by atoms with E-state index in [1.165, 1.54) is 23.3 Å². The quantitative estimate of drug-likeness (QED) is 0.878. The average molecular weight is 372 g/mol. The molecular formula is C20H25N3O2S. The minimum absolute atomic E-state index is 0.00744. The molecule has 1 aromatic carbocycles. The predicted molar refractivity (Wildman–Crippen MR) is 103 cm³/mol. The SMILES string of the molecule is Cc1ccc(Cn2ccsc2=NC(=O)CNC(=O)C2CCCCC2)cc1. The highest BCUT2D eigenvalue weighted by Gasteiger charge is 2.21. The van der Waals surface area contributed by atoms with Crippen LogP contribution < -0.4 is 10.1 Å². The topological polar surface area (TPSA) is 63.5 Å². The van der Waals surface area contributed by atoms with Gasteiger partial charge in [-0.05, 0) is 25.3 Å². The summed E-state index contributed by atoms with van der Waals surface area (Å²) in [6, 6.07) is 8.31. The Bertz CT molecular complexity index is 814. The second-order valence-electron chi connectivity index (χ2n) is 6.86. The molecule has 0 spiro atoms. The van der Waals surface area contributed by atoms with Gasteiger partial charge in [0.05, 0.1) is 6.54 Å². The molecule has 3 rings (SSSR count). The first-order chi connectivity index (χ1) is 12.6. The Morgan fingerprint density at radius 2 is 1.92 bits per heavy atom. The normalized spacial score (nSPS) is 15.8. The molecule has 2 aromatic rings. The van der Waals surface area contributed by atoms with E-state index in [4.69, 9.17) is 0 Å². The van der Waals surface area contributed by atoms with E-state index in [0.717, 1.165) is 31.2 Å². The van der Waals surface area contributed by atoms with Crippen LogP contribution in [0, 0.1) is 12.8 Å². The molecule has 0 atom stereocenters. The van der Waals surface area contributed by atoms with E-state index in [-0.39, 0.29) is 24.3 Å². The largest absolute Gasteiger partial charge is 0.347 e. The summed E-state index contributed by atoms with van der Waals surface area (Å²) < 4.78 is 1.95. The Labute approximate surface area is 157 Å². The standard InChI is InChI=1S/C20H25N3O2S/c1-15-7-9-16(10-8-15)14-23-11-12-26-20(23)22-18(24)13-21-19(25)17-5-3-2-4-6-17/h7-12,17H,2-6,13-14H2,1H3,(H,21,25). The third-order valence-electron chi connectivity index (χ3n) is 4.74. The van der Waals surface area contributed by atoms with Crippen molar-refractivity contribution in [2.45, 2.75) is 45.6 Å². The van der Waals surface area contributed by atoms with Crippen molar-refractivity contribution in [2.75, 3.05) is 6.54 Å². The predicted octanol–water partition coefficient (Wildman–Crippen LogP) is 3.03. The molecule has 1 aliphatic carbocycles. The summed E-state index contributed by atoms with van der Waals surface area (Å²) in [4.78, 5) is 29.1. The molecule has 6 heteroatoms. The van der Waals surface area contributed by atoms with E-state index < -0.39 is 0 Å². The third-order valence-corrected chi connectivity index (χ3v) is 5.54. The molecule has 0 bridgehead atoms. The second kappa shape index (κ2) is 8.94. The Morgan fingerprint density at radius 3 is 2.65 bits per heavy atom. The van der Waals surface area contributed by atoms with Crippen LogP contribution in [0.15, 0.2) is 40.8 Å². The number of aromatic nitrogens is 1. The van der Waals surface area contributed by atoms with Crippen molar-refractivity contribution >= 4 is 23.2 Å². The zero-order chi connectivity index (χ0) is 18.4. The van der Waals surface area contributed by atoms with Gasteiger partial charge in [-0.2, -0.15) is 4.99 Å². The number of carbonyl (C=O) groups excluding carboxylic acids is 2. The van der Waals surface area contributed by atoms with Crippen LogP contribution in [0.3, 0.4) is 0 Å². The van der Waals surface area contributed by atoms with Gasteiger partial charge in [0.1, 0.15) is 0 Å². The Kier molecular flexibility index (Phi) is 6.39. The fraction of sp³-hybridized carbons (Fsp3) is 0.450. The lowest BCUT2D eigenvalue weighted by Gasteiger charge is -2.20. The molecule has 1 aliphatic rings. The molecule has 26 heavy (non-hydrogen) atoms. The highest BCUT2D eigenvalue weighted by molar-refractivity contribution is 7.07. The first-order valence-corrected chi connectivity index (χ1v) is 10.0. The molecule has 1 fully saturated rings. The van der Waals surface area contributed by atoms with Crippen molar-refractivity contribution in [1.29, 1.82) is 0 Å².